The first-order chi connectivity index (χ1) is 8.00. The van der Waals surface area contributed by atoms with E-state index in [4.69, 9.17) is 5.11 Å². The van der Waals surface area contributed by atoms with Crippen molar-refractivity contribution in [2.45, 2.75) is 25.2 Å². The Hall–Kier alpha value is -1.74. The summed E-state index contributed by atoms with van der Waals surface area (Å²) in [7, 11) is 0. The van der Waals surface area contributed by atoms with E-state index < -0.39 is 48.5 Å². The summed E-state index contributed by atoms with van der Waals surface area (Å²) < 4.78 is 76.5. The third-order valence-corrected chi connectivity index (χ3v) is 1.76. The van der Waals surface area contributed by atoms with Crippen LogP contribution in [0.5, 0.6) is 0 Å². The second-order valence-electron chi connectivity index (χ2n) is 3.20. The highest BCUT2D eigenvalue weighted by atomic mass is 19.4. The van der Waals surface area contributed by atoms with Crippen LogP contribution in [0.3, 0.4) is 0 Å². The Balaban J connectivity index is 3.00. The maximum atomic E-state index is 12.3. The fourth-order valence-electron chi connectivity index (χ4n) is 1.06. The van der Waals surface area contributed by atoms with E-state index >= 15 is 0 Å². The van der Waals surface area contributed by atoms with Gasteiger partial charge in [0, 0.05) is 6.42 Å². The molecule has 0 aliphatic heterocycles. The van der Waals surface area contributed by atoms with Crippen LogP contribution in [-0.4, -0.2) is 22.2 Å². The lowest BCUT2D eigenvalue weighted by molar-refractivity contribution is -0.141. The summed E-state index contributed by atoms with van der Waals surface area (Å²) in [4.78, 5) is 13.2. The largest absolute Gasteiger partial charge is 0.475 e. The molecule has 0 radical (unpaired) electrons. The lowest BCUT2D eigenvalue weighted by atomic mass is 10.3. The SMILES string of the molecule is O=C(O)c1oc(CCC(F)(F)F)nc1C(F)(F)F. The minimum atomic E-state index is -5.10. The van der Waals surface area contributed by atoms with Gasteiger partial charge in [-0.3, -0.25) is 0 Å². The van der Waals surface area contributed by atoms with Crippen LogP contribution in [0.4, 0.5) is 26.3 Å². The van der Waals surface area contributed by atoms with Crippen LogP contribution in [0.15, 0.2) is 4.42 Å². The van der Waals surface area contributed by atoms with Crippen molar-refractivity contribution in [1.82, 2.24) is 4.98 Å². The Morgan fingerprint density at radius 2 is 1.78 bits per heavy atom. The lowest BCUT2D eigenvalue weighted by Gasteiger charge is -2.02. The fraction of sp³-hybridized carbons (Fsp3) is 0.500. The molecule has 0 aliphatic carbocycles. The summed E-state index contributed by atoms with van der Waals surface area (Å²) in [6.07, 6.45) is -12.1. The average molecular weight is 277 g/mol. The molecule has 0 unspecified atom stereocenters. The molecule has 10 heteroatoms. The van der Waals surface area contributed by atoms with Crippen LogP contribution in [0, 0.1) is 0 Å². The number of nitrogens with zero attached hydrogens (tertiary/aromatic N) is 1. The molecule has 0 aliphatic rings. The second-order valence-corrected chi connectivity index (χ2v) is 3.20. The number of carbonyl (C=O) groups is 1. The average Bonchev–Trinajstić information content (AvgIpc) is 2.56. The van der Waals surface area contributed by atoms with Crippen molar-refractivity contribution in [3.05, 3.63) is 17.3 Å². The normalized spacial score (nSPS) is 12.8. The highest BCUT2D eigenvalue weighted by Crippen LogP contribution is 2.32. The van der Waals surface area contributed by atoms with Gasteiger partial charge in [0.1, 0.15) is 0 Å². The first-order valence-corrected chi connectivity index (χ1v) is 4.37. The van der Waals surface area contributed by atoms with Crippen LogP contribution in [0.2, 0.25) is 0 Å². The Morgan fingerprint density at radius 1 is 1.22 bits per heavy atom. The fourth-order valence-corrected chi connectivity index (χ4v) is 1.06. The van der Waals surface area contributed by atoms with Gasteiger partial charge in [-0.25, -0.2) is 9.78 Å². The van der Waals surface area contributed by atoms with Gasteiger partial charge in [0.05, 0.1) is 6.42 Å². The number of oxazole rings is 1. The number of halogens is 6. The third kappa shape index (κ3) is 3.64. The Kier molecular flexibility index (Phi) is 3.58. The number of alkyl halides is 6. The van der Waals surface area contributed by atoms with Crippen molar-refractivity contribution in [2.24, 2.45) is 0 Å². The number of aryl methyl sites for hydroxylation is 1. The molecule has 0 amide bonds. The highest BCUT2D eigenvalue weighted by molar-refractivity contribution is 5.85. The molecule has 0 saturated heterocycles. The number of carboxylic acid groups (broad SMARTS) is 1. The number of aromatic nitrogens is 1. The van der Waals surface area contributed by atoms with Gasteiger partial charge in [0.25, 0.3) is 0 Å². The predicted molar refractivity (Wildman–Crippen MR) is 42.8 cm³/mol. The zero-order valence-electron chi connectivity index (χ0n) is 8.39. The number of aromatic carboxylic acids is 1. The molecule has 0 spiro atoms. The van der Waals surface area contributed by atoms with E-state index in [9.17, 15) is 31.1 Å². The quantitative estimate of drug-likeness (QED) is 0.863. The Bertz CT molecular complexity index is 447. The molecule has 0 atom stereocenters. The molecule has 1 aromatic heterocycles. The highest BCUT2D eigenvalue weighted by Gasteiger charge is 2.41. The van der Waals surface area contributed by atoms with E-state index in [1.54, 1.807) is 0 Å². The molecule has 0 bridgehead atoms. The summed E-state index contributed by atoms with van der Waals surface area (Å²) >= 11 is 0. The standard InChI is InChI=1S/C8H5F6NO3/c9-7(10,11)2-1-3-15-5(8(12,13)14)4(18-3)6(16)17/h1-2H2,(H,16,17). The maximum absolute atomic E-state index is 12.3. The van der Waals surface area contributed by atoms with Gasteiger partial charge in [0.15, 0.2) is 11.6 Å². The van der Waals surface area contributed by atoms with Crippen molar-refractivity contribution >= 4 is 5.97 Å². The van der Waals surface area contributed by atoms with Crippen LogP contribution in [0.25, 0.3) is 0 Å². The van der Waals surface area contributed by atoms with Gasteiger partial charge in [-0.1, -0.05) is 0 Å². The van der Waals surface area contributed by atoms with Gasteiger partial charge in [-0.05, 0) is 0 Å². The second kappa shape index (κ2) is 4.50. The van der Waals surface area contributed by atoms with Gasteiger partial charge in [-0.2, -0.15) is 26.3 Å². The van der Waals surface area contributed by atoms with E-state index in [1.165, 1.54) is 0 Å². The van der Waals surface area contributed by atoms with Crippen LogP contribution >= 0.6 is 0 Å². The number of hydrogen-bond donors (Lipinski definition) is 1. The summed E-state index contributed by atoms with van der Waals surface area (Å²) in [6.45, 7) is 0. The van der Waals surface area contributed by atoms with Crippen molar-refractivity contribution in [3.63, 3.8) is 0 Å². The number of carboxylic acids is 1. The first kappa shape index (κ1) is 14.3. The van der Waals surface area contributed by atoms with Crippen LogP contribution in [0.1, 0.15) is 28.6 Å². The third-order valence-electron chi connectivity index (χ3n) is 1.76. The van der Waals surface area contributed by atoms with Gasteiger partial charge in [-0.15, -0.1) is 0 Å². The van der Waals surface area contributed by atoms with Crippen molar-refractivity contribution < 1.29 is 40.7 Å². The minimum absolute atomic E-state index is 0.919. The van der Waals surface area contributed by atoms with Gasteiger partial charge < -0.3 is 9.52 Å². The maximum Gasteiger partial charge on any atom is 0.437 e. The molecule has 4 nitrogen and oxygen atoms in total. The van der Waals surface area contributed by atoms with E-state index in [-0.39, 0.29) is 0 Å². The molecule has 1 aromatic rings. The molecular formula is C8H5F6NO3. The van der Waals surface area contributed by atoms with E-state index in [0.29, 0.717) is 0 Å². The molecule has 1 N–H and O–H groups in total. The summed E-state index contributed by atoms with van der Waals surface area (Å²) in [5.74, 6) is -4.48. The van der Waals surface area contributed by atoms with Crippen molar-refractivity contribution in [3.8, 4) is 0 Å². The molecular weight excluding hydrogens is 272 g/mol. The van der Waals surface area contributed by atoms with E-state index in [1.807, 2.05) is 0 Å². The first-order valence-electron chi connectivity index (χ1n) is 4.37. The van der Waals surface area contributed by atoms with Crippen molar-refractivity contribution in [2.75, 3.05) is 0 Å². The summed E-state index contributed by atoms with van der Waals surface area (Å²) in [5.41, 5.74) is -1.84. The molecule has 1 heterocycles. The Morgan fingerprint density at radius 3 is 2.11 bits per heavy atom. The van der Waals surface area contributed by atoms with Gasteiger partial charge >= 0.3 is 18.3 Å². The smallest absolute Gasteiger partial charge is 0.437 e. The summed E-state index contributed by atoms with van der Waals surface area (Å²) in [5, 5.41) is 8.41. The van der Waals surface area contributed by atoms with Crippen LogP contribution < -0.4 is 0 Å². The zero-order chi connectivity index (χ0) is 14.1. The molecule has 1 rings (SSSR count). The topological polar surface area (TPSA) is 63.3 Å². The molecule has 102 valence electrons. The molecule has 0 saturated carbocycles. The van der Waals surface area contributed by atoms with Crippen LogP contribution in [-0.2, 0) is 12.6 Å². The Labute approximate surface area is 95.2 Å². The lowest BCUT2D eigenvalue weighted by Crippen LogP contribution is -2.12. The van der Waals surface area contributed by atoms with E-state index in [0.717, 1.165) is 0 Å². The van der Waals surface area contributed by atoms with Gasteiger partial charge in [0.2, 0.25) is 5.76 Å². The number of rotatable bonds is 3. The zero-order valence-corrected chi connectivity index (χ0v) is 8.39. The number of hydrogen-bond acceptors (Lipinski definition) is 3. The van der Waals surface area contributed by atoms with Crippen molar-refractivity contribution in [1.29, 1.82) is 0 Å². The van der Waals surface area contributed by atoms with E-state index in [2.05, 4.69) is 9.40 Å². The minimum Gasteiger partial charge on any atom is -0.475 e. The molecule has 0 aromatic carbocycles. The summed E-state index contributed by atoms with van der Waals surface area (Å²) in [6, 6.07) is 0. The molecule has 0 fully saturated rings. The monoisotopic (exact) mass is 277 g/mol. The predicted octanol–water partition coefficient (Wildman–Crippen LogP) is 2.89. The molecule has 18 heavy (non-hydrogen) atoms.